The quantitative estimate of drug-likeness (QED) is 0.165. The predicted octanol–water partition coefficient (Wildman–Crippen LogP) is 6.58. The molecular formula is C24H48O4. The molecule has 1 unspecified atom stereocenters. The summed E-state index contributed by atoms with van der Waals surface area (Å²) in [6.07, 6.45) is 22.7. The molecule has 28 heavy (non-hydrogen) atoms. The van der Waals surface area contributed by atoms with Crippen molar-refractivity contribution in [3.8, 4) is 0 Å². The lowest BCUT2D eigenvalue weighted by molar-refractivity contribution is -0.152. The summed E-state index contributed by atoms with van der Waals surface area (Å²) in [6, 6.07) is 0. The summed E-state index contributed by atoms with van der Waals surface area (Å²) >= 11 is 0. The lowest BCUT2D eigenvalue weighted by atomic mass is 10.0. The average molecular weight is 401 g/mol. The van der Waals surface area contributed by atoms with E-state index < -0.39 is 6.10 Å². The highest BCUT2D eigenvalue weighted by atomic mass is 16.6. The van der Waals surface area contributed by atoms with Crippen molar-refractivity contribution >= 4 is 5.97 Å². The molecular weight excluding hydrogens is 352 g/mol. The van der Waals surface area contributed by atoms with Crippen LogP contribution in [0.15, 0.2) is 0 Å². The zero-order valence-corrected chi connectivity index (χ0v) is 18.9. The first kappa shape index (κ1) is 27.4. The fourth-order valence-electron chi connectivity index (χ4n) is 3.50. The molecule has 0 spiro atoms. The van der Waals surface area contributed by atoms with Crippen molar-refractivity contribution in [3.05, 3.63) is 0 Å². The lowest BCUT2D eigenvalue weighted by Gasteiger charge is -2.14. The van der Waals surface area contributed by atoms with Crippen LogP contribution in [0.4, 0.5) is 0 Å². The summed E-state index contributed by atoms with van der Waals surface area (Å²) in [4.78, 5) is 10.8. The largest absolute Gasteiger partial charge is 0.458 e. The molecule has 0 aromatic carbocycles. The van der Waals surface area contributed by atoms with Crippen LogP contribution in [0.3, 0.4) is 0 Å². The van der Waals surface area contributed by atoms with Gasteiger partial charge in [0.05, 0.1) is 13.2 Å². The van der Waals surface area contributed by atoms with Crippen LogP contribution in [0.25, 0.3) is 0 Å². The van der Waals surface area contributed by atoms with Gasteiger partial charge in [-0.15, -0.1) is 0 Å². The van der Waals surface area contributed by atoms with Crippen molar-refractivity contribution < 1.29 is 19.4 Å². The third-order valence-electron chi connectivity index (χ3n) is 5.23. The van der Waals surface area contributed by atoms with Gasteiger partial charge in [0.2, 0.25) is 0 Å². The molecule has 0 radical (unpaired) electrons. The maximum absolute atomic E-state index is 10.8. The zero-order chi connectivity index (χ0) is 20.7. The van der Waals surface area contributed by atoms with Gasteiger partial charge in [-0.1, -0.05) is 110 Å². The van der Waals surface area contributed by atoms with Crippen LogP contribution in [0.2, 0.25) is 0 Å². The predicted molar refractivity (Wildman–Crippen MR) is 118 cm³/mol. The number of hydrogen-bond acceptors (Lipinski definition) is 4. The van der Waals surface area contributed by atoms with Crippen molar-refractivity contribution in [2.45, 2.75) is 129 Å². The van der Waals surface area contributed by atoms with Crippen molar-refractivity contribution in [3.63, 3.8) is 0 Å². The Morgan fingerprint density at radius 3 is 1.46 bits per heavy atom. The molecule has 168 valence electrons. The van der Waals surface area contributed by atoms with Gasteiger partial charge in [0.1, 0.15) is 6.10 Å². The van der Waals surface area contributed by atoms with Crippen LogP contribution in [0.1, 0.15) is 123 Å². The number of hydrogen-bond donors (Lipinski definition) is 1. The molecule has 1 N–H and O–H groups in total. The van der Waals surface area contributed by atoms with Crippen LogP contribution in [0.5, 0.6) is 0 Å². The van der Waals surface area contributed by atoms with E-state index >= 15 is 0 Å². The number of unbranched alkanes of at least 4 members (excludes halogenated alkanes) is 16. The number of esters is 1. The van der Waals surface area contributed by atoms with E-state index in [-0.39, 0.29) is 19.2 Å². The molecule has 0 aliphatic carbocycles. The zero-order valence-electron chi connectivity index (χ0n) is 18.9. The fourth-order valence-corrected chi connectivity index (χ4v) is 3.50. The Kier molecular flexibility index (Phi) is 22.2. The third-order valence-corrected chi connectivity index (χ3v) is 5.23. The van der Waals surface area contributed by atoms with E-state index in [4.69, 9.17) is 14.6 Å². The van der Waals surface area contributed by atoms with E-state index in [9.17, 15) is 4.79 Å². The van der Waals surface area contributed by atoms with Gasteiger partial charge in [-0.3, -0.25) is 4.79 Å². The molecule has 0 heterocycles. The molecule has 0 aliphatic heterocycles. The highest BCUT2D eigenvalue weighted by molar-refractivity contribution is 5.66. The second-order valence-corrected chi connectivity index (χ2v) is 8.15. The van der Waals surface area contributed by atoms with E-state index in [0.717, 1.165) is 6.42 Å². The molecule has 0 saturated heterocycles. The Morgan fingerprint density at radius 1 is 0.714 bits per heavy atom. The molecule has 1 atom stereocenters. The number of rotatable bonds is 22. The summed E-state index contributed by atoms with van der Waals surface area (Å²) in [6.45, 7) is 4.41. The molecule has 4 heteroatoms. The molecule has 0 aromatic heterocycles. The topological polar surface area (TPSA) is 55.8 Å². The van der Waals surface area contributed by atoms with Crippen molar-refractivity contribution in [2.75, 3.05) is 19.8 Å². The normalized spacial score (nSPS) is 12.2. The number of ether oxygens (including phenoxy) is 2. The lowest BCUT2D eigenvalue weighted by Crippen LogP contribution is -2.26. The Labute approximate surface area is 174 Å². The third kappa shape index (κ3) is 21.7. The molecule has 0 fully saturated rings. The molecule has 0 amide bonds. The summed E-state index contributed by atoms with van der Waals surface area (Å²) < 4.78 is 10.4. The molecule has 0 aliphatic rings. The maximum Gasteiger partial charge on any atom is 0.303 e. The van der Waals surface area contributed by atoms with Gasteiger partial charge in [0, 0.05) is 13.5 Å². The van der Waals surface area contributed by atoms with Crippen LogP contribution in [0, 0.1) is 0 Å². The van der Waals surface area contributed by atoms with Crippen molar-refractivity contribution in [2.24, 2.45) is 0 Å². The molecule has 0 saturated carbocycles. The second kappa shape index (κ2) is 22.7. The average Bonchev–Trinajstić information content (AvgIpc) is 2.68. The molecule has 4 nitrogen and oxygen atoms in total. The first-order valence-electron chi connectivity index (χ1n) is 12.1. The molecule has 0 bridgehead atoms. The van der Waals surface area contributed by atoms with Crippen LogP contribution in [-0.4, -0.2) is 37.0 Å². The first-order valence-corrected chi connectivity index (χ1v) is 12.1. The molecule has 0 aromatic rings. The van der Waals surface area contributed by atoms with Gasteiger partial charge >= 0.3 is 5.97 Å². The highest BCUT2D eigenvalue weighted by Gasteiger charge is 2.10. The van der Waals surface area contributed by atoms with Crippen molar-refractivity contribution in [1.82, 2.24) is 0 Å². The van der Waals surface area contributed by atoms with Gasteiger partial charge < -0.3 is 14.6 Å². The van der Waals surface area contributed by atoms with Crippen LogP contribution < -0.4 is 0 Å². The number of carbonyl (C=O) groups excluding carboxylic acids is 1. The van der Waals surface area contributed by atoms with E-state index in [2.05, 4.69) is 6.92 Å². The Hall–Kier alpha value is -0.610. The first-order chi connectivity index (χ1) is 13.7. The van der Waals surface area contributed by atoms with Gasteiger partial charge in [-0.25, -0.2) is 0 Å². The maximum atomic E-state index is 10.8. The number of aliphatic hydroxyl groups is 1. The highest BCUT2D eigenvalue weighted by Crippen LogP contribution is 2.14. The van der Waals surface area contributed by atoms with Crippen LogP contribution >= 0.6 is 0 Å². The monoisotopic (exact) mass is 400 g/mol. The SMILES string of the molecule is CCCCCCCCCCCCCCCCCCCOCC(CO)OC(C)=O. The Bertz CT molecular complexity index is 320. The Balaban J connectivity index is 3.13. The van der Waals surface area contributed by atoms with Gasteiger partial charge in [-0.2, -0.15) is 0 Å². The Morgan fingerprint density at radius 2 is 1.11 bits per heavy atom. The van der Waals surface area contributed by atoms with Crippen LogP contribution in [-0.2, 0) is 14.3 Å². The summed E-state index contributed by atoms with van der Waals surface area (Å²) in [7, 11) is 0. The van der Waals surface area contributed by atoms with E-state index in [1.165, 1.54) is 110 Å². The van der Waals surface area contributed by atoms with Crippen molar-refractivity contribution in [1.29, 1.82) is 0 Å². The molecule has 0 rings (SSSR count). The summed E-state index contributed by atoms with van der Waals surface area (Å²) in [5, 5.41) is 9.07. The second-order valence-electron chi connectivity index (χ2n) is 8.15. The standard InChI is InChI=1S/C24H48O4/c1-3-4-5-6-7-8-9-10-11-12-13-14-15-16-17-18-19-20-27-22-24(21-25)28-23(2)26/h24-25H,3-22H2,1-2H3. The minimum atomic E-state index is -0.525. The van der Waals surface area contributed by atoms with Gasteiger partial charge in [-0.05, 0) is 6.42 Å². The summed E-state index contributed by atoms with van der Waals surface area (Å²) in [5.74, 6) is -0.375. The minimum absolute atomic E-state index is 0.182. The van der Waals surface area contributed by atoms with Gasteiger partial charge in [0.15, 0.2) is 0 Å². The van der Waals surface area contributed by atoms with E-state index in [0.29, 0.717) is 6.61 Å². The number of aliphatic hydroxyl groups excluding tert-OH is 1. The van der Waals surface area contributed by atoms with E-state index in [1.54, 1.807) is 0 Å². The van der Waals surface area contributed by atoms with Gasteiger partial charge in [0.25, 0.3) is 0 Å². The fraction of sp³-hybridized carbons (Fsp3) is 0.958. The summed E-state index contributed by atoms with van der Waals surface area (Å²) in [5.41, 5.74) is 0. The number of carbonyl (C=O) groups is 1. The minimum Gasteiger partial charge on any atom is -0.458 e. The smallest absolute Gasteiger partial charge is 0.303 e. The van der Waals surface area contributed by atoms with E-state index in [1.807, 2.05) is 0 Å².